The number of aromatic nitrogens is 2. The molecule has 136 valence electrons. The van der Waals surface area contributed by atoms with E-state index in [1.807, 2.05) is 21.8 Å². The van der Waals surface area contributed by atoms with E-state index in [2.05, 4.69) is 10.4 Å². The highest BCUT2D eigenvalue weighted by Crippen LogP contribution is 2.21. The van der Waals surface area contributed by atoms with Crippen LogP contribution in [0.25, 0.3) is 0 Å². The van der Waals surface area contributed by atoms with Crippen molar-refractivity contribution in [1.82, 2.24) is 24.9 Å². The lowest BCUT2D eigenvalue weighted by molar-refractivity contribution is -0.133. The zero-order valence-corrected chi connectivity index (χ0v) is 14.8. The van der Waals surface area contributed by atoms with Crippen molar-refractivity contribution in [1.29, 1.82) is 0 Å². The second kappa shape index (κ2) is 6.85. The van der Waals surface area contributed by atoms with Gasteiger partial charge in [0.2, 0.25) is 5.91 Å². The summed E-state index contributed by atoms with van der Waals surface area (Å²) in [6, 6.07) is 1.67. The first-order valence-electron chi connectivity index (χ1n) is 8.79. The highest BCUT2D eigenvalue weighted by atomic mass is 16.2. The lowest BCUT2D eigenvalue weighted by Crippen LogP contribution is -2.40. The molecular formula is C17H25N5O3. The Labute approximate surface area is 147 Å². The first kappa shape index (κ1) is 17.4. The molecule has 1 N–H and O–H groups in total. The standard InChI is InChI=1S/C17H25N5O3/c1-17(2)15(24)22(16(25)19-17)11-4-7-14(23)21-10-3-6-13(21)12-20-9-5-8-18-20/h5,8-9,13H,3-4,6-7,10-12H2,1-2H3,(H,19,25)/t13-/m1/s1. The van der Waals surface area contributed by atoms with E-state index >= 15 is 0 Å². The second-order valence-electron chi connectivity index (χ2n) is 7.23. The molecule has 2 aliphatic rings. The number of urea groups is 1. The van der Waals surface area contributed by atoms with Gasteiger partial charge in [0.25, 0.3) is 5.91 Å². The van der Waals surface area contributed by atoms with Gasteiger partial charge in [-0.2, -0.15) is 5.10 Å². The molecule has 2 saturated heterocycles. The molecule has 0 aliphatic carbocycles. The third-order valence-electron chi connectivity index (χ3n) is 4.87. The van der Waals surface area contributed by atoms with Gasteiger partial charge < -0.3 is 10.2 Å². The van der Waals surface area contributed by atoms with Crippen LogP contribution in [0.2, 0.25) is 0 Å². The van der Waals surface area contributed by atoms with Crippen LogP contribution in [0.4, 0.5) is 4.79 Å². The van der Waals surface area contributed by atoms with Gasteiger partial charge in [0, 0.05) is 31.9 Å². The number of imide groups is 1. The van der Waals surface area contributed by atoms with Crippen molar-refractivity contribution < 1.29 is 14.4 Å². The summed E-state index contributed by atoms with van der Waals surface area (Å²) in [6.07, 6.45) is 6.44. The van der Waals surface area contributed by atoms with E-state index < -0.39 is 5.54 Å². The molecule has 0 spiro atoms. The third-order valence-corrected chi connectivity index (χ3v) is 4.87. The van der Waals surface area contributed by atoms with Crippen LogP contribution in [0, 0.1) is 0 Å². The van der Waals surface area contributed by atoms with Crippen LogP contribution >= 0.6 is 0 Å². The van der Waals surface area contributed by atoms with E-state index in [4.69, 9.17) is 0 Å². The molecule has 0 radical (unpaired) electrons. The smallest absolute Gasteiger partial charge is 0.325 e. The SMILES string of the molecule is CC1(C)NC(=O)N(CCCC(=O)N2CCC[C@@H]2Cn2cccn2)C1=O. The van der Waals surface area contributed by atoms with Gasteiger partial charge >= 0.3 is 6.03 Å². The van der Waals surface area contributed by atoms with E-state index in [0.717, 1.165) is 19.4 Å². The Hall–Kier alpha value is -2.38. The Bertz CT molecular complexity index is 655. The van der Waals surface area contributed by atoms with Crippen molar-refractivity contribution >= 4 is 17.8 Å². The molecule has 2 aliphatic heterocycles. The molecule has 1 aromatic rings. The summed E-state index contributed by atoms with van der Waals surface area (Å²) >= 11 is 0. The van der Waals surface area contributed by atoms with Gasteiger partial charge in [0.05, 0.1) is 12.6 Å². The van der Waals surface area contributed by atoms with Crippen molar-refractivity contribution in [2.45, 2.75) is 57.7 Å². The normalized spacial score (nSPS) is 22.6. The summed E-state index contributed by atoms with van der Waals surface area (Å²) < 4.78 is 1.85. The molecule has 8 heteroatoms. The predicted octanol–water partition coefficient (Wildman–Crippen LogP) is 0.985. The van der Waals surface area contributed by atoms with E-state index in [1.165, 1.54) is 4.90 Å². The zero-order chi connectivity index (χ0) is 18.0. The Balaban J connectivity index is 1.49. The van der Waals surface area contributed by atoms with Crippen LogP contribution in [-0.2, 0) is 16.1 Å². The van der Waals surface area contributed by atoms with E-state index in [0.29, 0.717) is 19.4 Å². The highest BCUT2D eigenvalue weighted by molar-refractivity contribution is 6.06. The maximum Gasteiger partial charge on any atom is 0.325 e. The summed E-state index contributed by atoms with van der Waals surface area (Å²) in [5.41, 5.74) is -0.856. The Kier molecular flexibility index (Phi) is 4.78. The molecule has 8 nitrogen and oxygen atoms in total. The van der Waals surface area contributed by atoms with Crippen LogP contribution in [0.5, 0.6) is 0 Å². The minimum atomic E-state index is -0.856. The van der Waals surface area contributed by atoms with E-state index in [-0.39, 0.29) is 30.4 Å². The molecule has 0 unspecified atom stereocenters. The van der Waals surface area contributed by atoms with Crippen LogP contribution < -0.4 is 5.32 Å². The van der Waals surface area contributed by atoms with Gasteiger partial charge in [-0.25, -0.2) is 4.79 Å². The number of nitrogens with zero attached hydrogens (tertiary/aromatic N) is 4. The van der Waals surface area contributed by atoms with Crippen LogP contribution in [0.3, 0.4) is 0 Å². The van der Waals surface area contributed by atoms with Gasteiger partial charge in [-0.1, -0.05) is 0 Å². The van der Waals surface area contributed by atoms with Crippen molar-refractivity contribution in [2.75, 3.05) is 13.1 Å². The van der Waals surface area contributed by atoms with Crippen molar-refractivity contribution in [3.05, 3.63) is 18.5 Å². The van der Waals surface area contributed by atoms with E-state index in [9.17, 15) is 14.4 Å². The summed E-state index contributed by atoms with van der Waals surface area (Å²) in [7, 11) is 0. The predicted molar refractivity (Wildman–Crippen MR) is 90.5 cm³/mol. The number of amides is 4. The van der Waals surface area contributed by atoms with Crippen molar-refractivity contribution in [2.24, 2.45) is 0 Å². The summed E-state index contributed by atoms with van der Waals surface area (Å²) in [4.78, 5) is 39.6. The van der Waals surface area contributed by atoms with Crippen LogP contribution in [0.15, 0.2) is 18.5 Å². The molecule has 0 aromatic carbocycles. The topological polar surface area (TPSA) is 87.5 Å². The highest BCUT2D eigenvalue weighted by Gasteiger charge is 2.43. The van der Waals surface area contributed by atoms with Gasteiger partial charge in [0.1, 0.15) is 5.54 Å². The Morgan fingerprint density at radius 1 is 1.40 bits per heavy atom. The van der Waals surface area contributed by atoms with Gasteiger partial charge in [-0.3, -0.25) is 19.2 Å². The fraction of sp³-hybridized carbons (Fsp3) is 0.647. The third kappa shape index (κ3) is 3.67. The monoisotopic (exact) mass is 347 g/mol. The number of nitrogens with one attached hydrogen (secondary N) is 1. The number of hydrogen-bond acceptors (Lipinski definition) is 4. The molecule has 0 bridgehead atoms. The fourth-order valence-electron chi connectivity index (χ4n) is 3.53. The van der Waals surface area contributed by atoms with Crippen LogP contribution in [0.1, 0.15) is 39.5 Å². The number of hydrogen-bond donors (Lipinski definition) is 1. The Morgan fingerprint density at radius 3 is 2.84 bits per heavy atom. The summed E-state index contributed by atoms with van der Waals surface area (Å²) in [5, 5.41) is 6.86. The maximum atomic E-state index is 12.5. The average Bonchev–Trinajstić information content (AvgIpc) is 3.25. The number of carbonyl (C=O) groups excluding carboxylic acids is 3. The molecule has 1 atom stereocenters. The Morgan fingerprint density at radius 2 is 2.20 bits per heavy atom. The van der Waals surface area contributed by atoms with Crippen molar-refractivity contribution in [3.8, 4) is 0 Å². The quantitative estimate of drug-likeness (QED) is 0.777. The molecule has 2 fully saturated rings. The molecular weight excluding hydrogens is 322 g/mol. The first-order chi connectivity index (χ1) is 11.9. The molecule has 0 saturated carbocycles. The first-order valence-corrected chi connectivity index (χ1v) is 8.79. The van der Waals surface area contributed by atoms with Crippen molar-refractivity contribution in [3.63, 3.8) is 0 Å². The van der Waals surface area contributed by atoms with E-state index in [1.54, 1.807) is 20.0 Å². The molecule has 4 amide bonds. The summed E-state index contributed by atoms with van der Waals surface area (Å²) in [6.45, 7) is 5.11. The van der Waals surface area contributed by atoms with Gasteiger partial charge in [0.15, 0.2) is 0 Å². The fourth-order valence-corrected chi connectivity index (χ4v) is 3.53. The average molecular weight is 347 g/mol. The lowest BCUT2D eigenvalue weighted by atomic mass is 10.1. The second-order valence-corrected chi connectivity index (χ2v) is 7.23. The maximum absolute atomic E-state index is 12.5. The minimum absolute atomic E-state index is 0.0842. The number of rotatable bonds is 6. The summed E-state index contributed by atoms with van der Waals surface area (Å²) in [5.74, 6) is -0.149. The lowest BCUT2D eigenvalue weighted by Gasteiger charge is -2.25. The molecule has 1 aromatic heterocycles. The number of carbonyl (C=O) groups is 3. The zero-order valence-electron chi connectivity index (χ0n) is 14.8. The van der Waals surface area contributed by atoms with Gasteiger partial charge in [-0.05, 0) is 39.2 Å². The minimum Gasteiger partial charge on any atom is -0.338 e. The molecule has 25 heavy (non-hydrogen) atoms. The molecule has 3 rings (SSSR count). The largest absolute Gasteiger partial charge is 0.338 e. The van der Waals surface area contributed by atoms with Crippen LogP contribution in [-0.4, -0.2) is 62.1 Å². The van der Waals surface area contributed by atoms with Gasteiger partial charge in [-0.15, -0.1) is 0 Å². The number of likely N-dealkylation sites (tertiary alicyclic amines) is 1. The molecule has 3 heterocycles.